The molecule has 0 bridgehead atoms. The Hall–Kier alpha value is -2.54. The molecular weight excluding hydrogens is 366 g/mol. The number of urea groups is 1. The summed E-state index contributed by atoms with van der Waals surface area (Å²) in [5.41, 5.74) is 1.35. The van der Waals surface area contributed by atoms with E-state index in [1.54, 1.807) is 6.20 Å². The summed E-state index contributed by atoms with van der Waals surface area (Å²) in [6, 6.07) is 9.81. The number of hydrogen-bond donors (Lipinski definition) is 1. The number of carbonyl (C=O) groups is 1. The van der Waals surface area contributed by atoms with Crippen LogP contribution in [0.15, 0.2) is 41.3 Å². The van der Waals surface area contributed by atoms with E-state index in [4.69, 9.17) is 11.6 Å². The van der Waals surface area contributed by atoms with Gasteiger partial charge in [0.2, 0.25) is 0 Å². The Morgan fingerprint density at radius 2 is 2.00 bits per heavy atom. The summed E-state index contributed by atoms with van der Waals surface area (Å²) in [4.78, 5) is 28.6. The number of hydrogen-bond acceptors (Lipinski definition) is 4. The van der Waals surface area contributed by atoms with Crippen molar-refractivity contribution in [2.75, 3.05) is 31.1 Å². The normalized spacial score (nSPS) is 20.0. The van der Waals surface area contributed by atoms with Crippen LogP contribution in [0.4, 0.5) is 10.5 Å². The molecule has 27 heavy (non-hydrogen) atoms. The lowest BCUT2D eigenvalue weighted by atomic mass is 10.0. The second kappa shape index (κ2) is 7.60. The molecule has 2 amide bonds. The summed E-state index contributed by atoms with van der Waals surface area (Å²) in [6.07, 6.45) is 3.57. The van der Waals surface area contributed by atoms with Gasteiger partial charge in [0, 0.05) is 26.2 Å². The molecule has 2 aliphatic rings. The van der Waals surface area contributed by atoms with Gasteiger partial charge in [0.1, 0.15) is 5.02 Å². The van der Waals surface area contributed by atoms with Crippen LogP contribution < -0.4 is 15.8 Å². The fourth-order valence-electron chi connectivity index (χ4n) is 3.81. The van der Waals surface area contributed by atoms with Crippen molar-refractivity contribution in [3.63, 3.8) is 0 Å². The molecule has 2 saturated heterocycles. The van der Waals surface area contributed by atoms with Crippen LogP contribution in [0.2, 0.25) is 5.02 Å². The molecule has 0 saturated carbocycles. The van der Waals surface area contributed by atoms with E-state index in [-0.39, 0.29) is 22.7 Å². The predicted molar refractivity (Wildman–Crippen MR) is 104 cm³/mol. The second-order valence-electron chi connectivity index (χ2n) is 6.96. The fourth-order valence-corrected chi connectivity index (χ4v) is 4.07. The summed E-state index contributed by atoms with van der Waals surface area (Å²) in [6.45, 7) is 3.26. The highest BCUT2D eigenvalue weighted by Crippen LogP contribution is 2.27. The molecule has 2 aromatic rings. The van der Waals surface area contributed by atoms with Crippen LogP contribution in [0.25, 0.3) is 0 Å². The van der Waals surface area contributed by atoms with Crippen LogP contribution in [-0.4, -0.2) is 52.9 Å². The van der Waals surface area contributed by atoms with Crippen molar-refractivity contribution < 1.29 is 4.79 Å². The van der Waals surface area contributed by atoms with Gasteiger partial charge in [-0.3, -0.25) is 4.79 Å². The highest BCUT2D eigenvalue weighted by atomic mass is 35.5. The Morgan fingerprint density at radius 3 is 2.74 bits per heavy atom. The molecule has 2 fully saturated rings. The van der Waals surface area contributed by atoms with Gasteiger partial charge in [0.05, 0.1) is 24.5 Å². The van der Waals surface area contributed by atoms with Gasteiger partial charge in [0.25, 0.3) is 5.56 Å². The van der Waals surface area contributed by atoms with Crippen LogP contribution in [0.1, 0.15) is 18.4 Å². The van der Waals surface area contributed by atoms with Crippen LogP contribution in [0, 0.1) is 0 Å². The Balaban J connectivity index is 1.54. The first-order valence-corrected chi connectivity index (χ1v) is 9.60. The van der Waals surface area contributed by atoms with Gasteiger partial charge in [0.15, 0.2) is 0 Å². The first-order chi connectivity index (χ1) is 13.1. The molecule has 4 rings (SSSR count). The third-order valence-electron chi connectivity index (χ3n) is 5.21. The molecular formula is C19H22ClN5O2. The smallest absolute Gasteiger partial charge is 0.317 e. The molecule has 1 aromatic heterocycles. The average Bonchev–Trinajstić information content (AvgIpc) is 3.12. The zero-order valence-electron chi connectivity index (χ0n) is 15.0. The summed E-state index contributed by atoms with van der Waals surface area (Å²) in [7, 11) is 0. The van der Waals surface area contributed by atoms with Crippen LogP contribution in [0.5, 0.6) is 0 Å². The summed E-state index contributed by atoms with van der Waals surface area (Å²) >= 11 is 6.43. The lowest BCUT2D eigenvalue weighted by Gasteiger charge is -2.38. The molecule has 142 valence electrons. The number of amides is 2. The molecule has 7 nitrogen and oxygen atoms in total. The van der Waals surface area contributed by atoms with Gasteiger partial charge in [-0.2, -0.15) is 5.10 Å². The molecule has 1 aromatic carbocycles. The standard InChI is InChI=1S/C19H22ClN5O2/c20-17-16(11-22-25(18(17)26)12-14-5-2-1-3-6-14)23-9-4-7-15(13-23)24-10-8-21-19(24)27/h1-3,5-6,11,15H,4,7-10,12-13H2,(H,21,27). The number of halogens is 1. The van der Waals surface area contributed by atoms with Crippen molar-refractivity contribution in [2.45, 2.75) is 25.4 Å². The lowest BCUT2D eigenvalue weighted by molar-refractivity contribution is 0.189. The molecule has 2 aliphatic heterocycles. The molecule has 8 heteroatoms. The topological polar surface area (TPSA) is 70.5 Å². The molecule has 3 heterocycles. The van der Waals surface area contributed by atoms with E-state index in [1.807, 2.05) is 35.2 Å². The maximum absolute atomic E-state index is 12.7. The van der Waals surface area contributed by atoms with Crippen molar-refractivity contribution in [1.29, 1.82) is 0 Å². The van der Waals surface area contributed by atoms with E-state index >= 15 is 0 Å². The Morgan fingerprint density at radius 1 is 1.19 bits per heavy atom. The Labute approximate surface area is 162 Å². The molecule has 0 aliphatic carbocycles. The minimum Gasteiger partial charge on any atom is -0.367 e. The van der Waals surface area contributed by atoms with Crippen LogP contribution >= 0.6 is 11.6 Å². The number of nitrogens with one attached hydrogen (secondary N) is 1. The van der Waals surface area contributed by atoms with E-state index in [9.17, 15) is 9.59 Å². The maximum atomic E-state index is 12.7. The Bertz CT molecular complexity index is 885. The van der Waals surface area contributed by atoms with E-state index < -0.39 is 0 Å². The van der Waals surface area contributed by atoms with Crippen molar-refractivity contribution in [3.8, 4) is 0 Å². The summed E-state index contributed by atoms with van der Waals surface area (Å²) in [5.74, 6) is 0. The van der Waals surface area contributed by atoms with Crippen molar-refractivity contribution >= 4 is 23.3 Å². The molecule has 1 N–H and O–H groups in total. The highest BCUT2D eigenvalue weighted by Gasteiger charge is 2.32. The minimum absolute atomic E-state index is 0.00986. The maximum Gasteiger partial charge on any atom is 0.317 e. The third kappa shape index (κ3) is 3.64. The van der Waals surface area contributed by atoms with E-state index in [0.717, 1.165) is 31.5 Å². The number of piperidine rings is 1. The largest absolute Gasteiger partial charge is 0.367 e. The number of carbonyl (C=O) groups excluding carboxylic acids is 1. The molecule has 0 spiro atoms. The molecule has 1 unspecified atom stereocenters. The minimum atomic E-state index is -0.293. The lowest BCUT2D eigenvalue weighted by Crippen LogP contribution is -2.49. The van der Waals surface area contributed by atoms with Gasteiger partial charge in [-0.15, -0.1) is 0 Å². The van der Waals surface area contributed by atoms with Gasteiger partial charge in [-0.25, -0.2) is 9.48 Å². The predicted octanol–water partition coefficient (Wildman–Crippen LogP) is 1.94. The first-order valence-electron chi connectivity index (χ1n) is 9.22. The van der Waals surface area contributed by atoms with Gasteiger partial charge < -0.3 is 15.1 Å². The zero-order chi connectivity index (χ0) is 18.8. The SMILES string of the molecule is O=C1NCCN1C1CCCN(c2cnn(Cc3ccccc3)c(=O)c2Cl)C1. The monoisotopic (exact) mass is 387 g/mol. The third-order valence-corrected chi connectivity index (χ3v) is 5.56. The number of anilines is 1. The van der Waals surface area contributed by atoms with E-state index in [0.29, 0.717) is 25.3 Å². The number of nitrogens with zero attached hydrogens (tertiary/aromatic N) is 4. The van der Waals surface area contributed by atoms with Gasteiger partial charge in [-0.1, -0.05) is 41.9 Å². The second-order valence-corrected chi connectivity index (χ2v) is 7.34. The van der Waals surface area contributed by atoms with E-state index in [1.165, 1.54) is 4.68 Å². The van der Waals surface area contributed by atoms with Crippen LogP contribution in [-0.2, 0) is 6.54 Å². The fraction of sp³-hybridized carbons (Fsp3) is 0.421. The van der Waals surface area contributed by atoms with Crippen molar-refractivity contribution in [2.24, 2.45) is 0 Å². The quantitative estimate of drug-likeness (QED) is 0.870. The van der Waals surface area contributed by atoms with Crippen molar-refractivity contribution in [1.82, 2.24) is 20.0 Å². The summed E-state index contributed by atoms with van der Waals surface area (Å²) in [5, 5.41) is 7.37. The van der Waals surface area contributed by atoms with Gasteiger partial charge >= 0.3 is 6.03 Å². The highest BCUT2D eigenvalue weighted by molar-refractivity contribution is 6.33. The van der Waals surface area contributed by atoms with Crippen molar-refractivity contribution in [3.05, 3.63) is 57.5 Å². The van der Waals surface area contributed by atoms with Crippen LogP contribution in [0.3, 0.4) is 0 Å². The van der Waals surface area contributed by atoms with Gasteiger partial charge in [-0.05, 0) is 18.4 Å². The summed E-state index contributed by atoms with van der Waals surface area (Å²) < 4.78 is 1.39. The first kappa shape index (κ1) is 17.9. The zero-order valence-corrected chi connectivity index (χ0v) is 15.7. The number of aromatic nitrogens is 2. The average molecular weight is 388 g/mol. The number of benzene rings is 1. The van der Waals surface area contributed by atoms with E-state index in [2.05, 4.69) is 15.3 Å². The Kier molecular flexibility index (Phi) is 5.03. The number of rotatable bonds is 4. The molecule has 1 atom stereocenters. The molecule has 0 radical (unpaired) electrons.